The number of hydrogen-bond acceptors (Lipinski definition) is 5. The molecule has 2 amide bonds. The van der Waals surface area contributed by atoms with E-state index in [1.807, 2.05) is 31.2 Å². The van der Waals surface area contributed by atoms with Gasteiger partial charge in [0, 0.05) is 25.9 Å². The number of halogens is 1. The molecule has 0 fully saturated rings. The Hall–Kier alpha value is -2.83. The Morgan fingerprint density at radius 3 is 2.38 bits per heavy atom. The van der Waals surface area contributed by atoms with E-state index in [2.05, 4.69) is 5.32 Å². The average Bonchev–Trinajstić information content (AvgIpc) is 2.93. The van der Waals surface area contributed by atoms with Gasteiger partial charge in [0.05, 0.1) is 17.7 Å². The Bertz CT molecular complexity index is 954. The number of nitrogens with one attached hydrogen (secondary N) is 1. The second-order valence-electron chi connectivity index (χ2n) is 6.70. The third-order valence-corrected chi connectivity index (χ3v) is 4.95. The van der Waals surface area contributed by atoms with Gasteiger partial charge >= 0.3 is 0 Å². The van der Waals surface area contributed by atoms with Gasteiger partial charge in [0.2, 0.25) is 0 Å². The molecule has 1 heterocycles. The van der Waals surface area contributed by atoms with E-state index in [0.717, 1.165) is 5.56 Å². The Morgan fingerprint density at radius 1 is 1.03 bits per heavy atom. The van der Waals surface area contributed by atoms with E-state index in [1.54, 1.807) is 25.3 Å². The SMILES string of the molecule is COCCCN1C(=O)C(Nc2ccc(OC)c(Cl)c2)=C(c2ccc(C)cc2)C1=O. The molecule has 0 saturated heterocycles. The van der Waals surface area contributed by atoms with Crippen molar-refractivity contribution in [2.24, 2.45) is 0 Å². The molecule has 0 unspecified atom stereocenters. The van der Waals surface area contributed by atoms with E-state index in [4.69, 9.17) is 21.1 Å². The summed E-state index contributed by atoms with van der Waals surface area (Å²) in [7, 11) is 3.12. The molecule has 0 atom stereocenters. The average molecular weight is 415 g/mol. The van der Waals surface area contributed by atoms with Crippen LogP contribution >= 0.6 is 11.6 Å². The van der Waals surface area contributed by atoms with Crippen LogP contribution in [0, 0.1) is 6.92 Å². The number of nitrogens with zero attached hydrogens (tertiary/aromatic N) is 1. The number of ether oxygens (including phenoxy) is 2. The molecular weight excluding hydrogens is 392 g/mol. The van der Waals surface area contributed by atoms with Crippen LogP contribution in [0.3, 0.4) is 0 Å². The van der Waals surface area contributed by atoms with Crippen molar-refractivity contribution in [2.45, 2.75) is 13.3 Å². The molecule has 29 heavy (non-hydrogen) atoms. The monoisotopic (exact) mass is 414 g/mol. The topological polar surface area (TPSA) is 67.9 Å². The van der Waals surface area contributed by atoms with Gasteiger partial charge in [0.1, 0.15) is 11.4 Å². The van der Waals surface area contributed by atoms with Crippen LogP contribution in [0.1, 0.15) is 17.5 Å². The fourth-order valence-corrected chi connectivity index (χ4v) is 3.40. The summed E-state index contributed by atoms with van der Waals surface area (Å²) in [6.07, 6.45) is 0.566. The van der Waals surface area contributed by atoms with Crippen molar-refractivity contribution in [3.8, 4) is 5.75 Å². The zero-order valence-electron chi connectivity index (χ0n) is 16.6. The van der Waals surface area contributed by atoms with Gasteiger partial charge in [-0.05, 0) is 37.1 Å². The summed E-state index contributed by atoms with van der Waals surface area (Å²) in [6, 6.07) is 12.6. The molecule has 2 aromatic rings. The Labute approximate surface area is 175 Å². The van der Waals surface area contributed by atoms with Gasteiger partial charge in [-0.25, -0.2) is 0 Å². The number of aryl methyl sites for hydroxylation is 1. The maximum Gasteiger partial charge on any atom is 0.278 e. The molecule has 1 N–H and O–H groups in total. The van der Waals surface area contributed by atoms with Crippen LogP contribution in [-0.4, -0.2) is 44.1 Å². The highest BCUT2D eigenvalue weighted by atomic mass is 35.5. The molecule has 0 saturated carbocycles. The number of benzene rings is 2. The van der Waals surface area contributed by atoms with Crippen molar-refractivity contribution >= 4 is 34.7 Å². The highest BCUT2D eigenvalue weighted by molar-refractivity contribution is 6.36. The summed E-state index contributed by atoms with van der Waals surface area (Å²) in [5.41, 5.74) is 2.93. The van der Waals surface area contributed by atoms with E-state index < -0.39 is 0 Å². The molecule has 3 rings (SSSR count). The Morgan fingerprint density at radius 2 is 1.76 bits per heavy atom. The standard InChI is InChI=1S/C22H23ClN2O4/c1-14-5-7-15(8-6-14)19-20(22(27)25(21(19)26)11-4-12-28-2)24-16-9-10-18(29-3)17(23)13-16/h5-10,13,24H,4,11-12H2,1-3H3. The van der Waals surface area contributed by atoms with Crippen LogP contribution < -0.4 is 10.1 Å². The molecule has 1 aliphatic heterocycles. The van der Waals surface area contributed by atoms with Crippen LogP contribution in [0.5, 0.6) is 5.75 Å². The molecule has 0 aliphatic carbocycles. The summed E-state index contributed by atoms with van der Waals surface area (Å²) < 4.78 is 10.2. The van der Waals surface area contributed by atoms with Gasteiger partial charge < -0.3 is 14.8 Å². The fraction of sp³-hybridized carbons (Fsp3) is 0.273. The number of amides is 2. The number of carbonyl (C=O) groups is 2. The van der Waals surface area contributed by atoms with Crippen molar-refractivity contribution < 1.29 is 19.1 Å². The largest absolute Gasteiger partial charge is 0.495 e. The van der Waals surface area contributed by atoms with Crippen LogP contribution in [0.4, 0.5) is 5.69 Å². The normalized spacial score (nSPS) is 14.0. The first-order chi connectivity index (χ1) is 14.0. The summed E-state index contributed by atoms with van der Waals surface area (Å²) >= 11 is 6.21. The maximum absolute atomic E-state index is 13.1. The predicted octanol–water partition coefficient (Wildman–Crippen LogP) is 3.89. The van der Waals surface area contributed by atoms with Gasteiger partial charge in [-0.2, -0.15) is 0 Å². The molecular formula is C22H23ClN2O4. The number of rotatable bonds is 8. The van der Waals surface area contributed by atoms with E-state index in [-0.39, 0.29) is 24.1 Å². The van der Waals surface area contributed by atoms with Gasteiger partial charge in [-0.3, -0.25) is 14.5 Å². The molecule has 0 radical (unpaired) electrons. The van der Waals surface area contributed by atoms with E-state index in [9.17, 15) is 9.59 Å². The van der Waals surface area contributed by atoms with Gasteiger partial charge in [0.25, 0.3) is 11.8 Å². The predicted molar refractivity (Wildman–Crippen MR) is 113 cm³/mol. The number of methoxy groups -OCH3 is 2. The van der Waals surface area contributed by atoms with Crippen LogP contribution in [-0.2, 0) is 14.3 Å². The summed E-state index contributed by atoms with van der Waals surface area (Å²) in [6.45, 7) is 2.72. The van der Waals surface area contributed by atoms with Gasteiger partial charge in [-0.15, -0.1) is 0 Å². The highest BCUT2D eigenvalue weighted by Crippen LogP contribution is 2.33. The van der Waals surface area contributed by atoms with E-state index in [0.29, 0.717) is 40.6 Å². The lowest BCUT2D eigenvalue weighted by atomic mass is 10.0. The Kier molecular flexibility index (Phi) is 6.56. The quantitative estimate of drug-likeness (QED) is 0.524. The molecule has 2 aromatic carbocycles. The van der Waals surface area contributed by atoms with Gasteiger partial charge in [-0.1, -0.05) is 41.4 Å². The lowest BCUT2D eigenvalue weighted by Crippen LogP contribution is -2.33. The number of carbonyl (C=O) groups excluding carboxylic acids is 2. The summed E-state index contributed by atoms with van der Waals surface area (Å²) in [5.74, 6) is -0.161. The highest BCUT2D eigenvalue weighted by Gasteiger charge is 2.38. The minimum absolute atomic E-state index is 0.234. The first-order valence-corrected chi connectivity index (χ1v) is 9.61. The third kappa shape index (κ3) is 4.44. The molecule has 0 aromatic heterocycles. The second kappa shape index (κ2) is 9.11. The smallest absolute Gasteiger partial charge is 0.278 e. The summed E-state index contributed by atoms with van der Waals surface area (Å²) in [4.78, 5) is 27.4. The van der Waals surface area contributed by atoms with E-state index in [1.165, 1.54) is 12.0 Å². The van der Waals surface area contributed by atoms with Gasteiger partial charge in [0.15, 0.2) is 0 Å². The molecule has 1 aliphatic rings. The fourth-order valence-electron chi connectivity index (χ4n) is 3.14. The zero-order valence-corrected chi connectivity index (χ0v) is 17.4. The minimum Gasteiger partial charge on any atom is -0.495 e. The van der Waals surface area contributed by atoms with Crippen molar-refractivity contribution in [3.05, 3.63) is 64.3 Å². The van der Waals surface area contributed by atoms with Crippen LogP contribution in [0.15, 0.2) is 48.2 Å². The number of imide groups is 1. The number of hydrogen-bond donors (Lipinski definition) is 1. The summed E-state index contributed by atoms with van der Waals surface area (Å²) in [5, 5.41) is 3.50. The minimum atomic E-state index is -0.367. The van der Waals surface area contributed by atoms with Crippen LogP contribution in [0.25, 0.3) is 5.57 Å². The molecule has 7 heteroatoms. The van der Waals surface area contributed by atoms with Crippen molar-refractivity contribution in [1.29, 1.82) is 0 Å². The second-order valence-corrected chi connectivity index (χ2v) is 7.11. The molecule has 0 bridgehead atoms. The van der Waals surface area contributed by atoms with Crippen molar-refractivity contribution in [3.63, 3.8) is 0 Å². The molecule has 152 valence electrons. The van der Waals surface area contributed by atoms with Crippen LogP contribution in [0.2, 0.25) is 5.02 Å². The van der Waals surface area contributed by atoms with E-state index >= 15 is 0 Å². The molecule has 6 nitrogen and oxygen atoms in total. The first kappa shape index (κ1) is 20.9. The first-order valence-electron chi connectivity index (χ1n) is 9.23. The lowest BCUT2D eigenvalue weighted by Gasteiger charge is -2.15. The third-order valence-electron chi connectivity index (χ3n) is 4.66. The lowest BCUT2D eigenvalue weighted by molar-refractivity contribution is -0.136. The van der Waals surface area contributed by atoms with Crippen molar-refractivity contribution in [1.82, 2.24) is 4.90 Å². The van der Waals surface area contributed by atoms with Crippen molar-refractivity contribution in [2.75, 3.05) is 32.7 Å². The number of anilines is 1. The maximum atomic E-state index is 13.1. The molecule has 0 spiro atoms. The zero-order chi connectivity index (χ0) is 21.0. The Balaban J connectivity index is 1.99.